The van der Waals surface area contributed by atoms with Crippen molar-refractivity contribution in [2.24, 2.45) is 0 Å². The third kappa shape index (κ3) is 5.60. The Morgan fingerprint density at radius 3 is 2.80 bits per heavy atom. The van der Waals surface area contributed by atoms with Gasteiger partial charge in [-0.2, -0.15) is 0 Å². The number of carbonyl (C=O) groups is 1. The van der Waals surface area contributed by atoms with Crippen LogP contribution in [0.1, 0.15) is 39.0 Å². The summed E-state index contributed by atoms with van der Waals surface area (Å²) in [5.74, 6) is 6.12. The second kappa shape index (κ2) is 8.67. The maximum atomic E-state index is 12.7. The Bertz CT molecular complexity index is 1110. The standard InChI is InChI=1S/C19H23ClN4O4S2/c1-5-30(26,27)23-12-8-13(24(10-12)18(25)28-19(2,3)4)6-7-14-9-15-16(29-14)17(20)22-11-21-15/h9,11-13,23H,5,8,10H2,1-4H3/t12-,13-/m1/s1. The second-order valence-electron chi connectivity index (χ2n) is 7.86. The van der Waals surface area contributed by atoms with Crippen LogP contribution in [0.2, 0.25) is 5.15 Å². The largest absolute Gasteiger partial charge is 0.444 e. The Hall–Kier alpha value is -1.93. The van der Waals surface area contributed by atoms with E-state index in [0.29, 0.717) is 17.1 Å². The van der Waals surface area contributed by atoms with Crippen LogP contribution < -0.4 is 4.72 Å². The van der Waals surface area contributed by atoms with Crippen LogP contribution in [0.4, 0.5) is 4.79 Å². The normalized spacial score (nSPS) is 19.6. The number of hydrogen-bond acceptors (Lipinski definition) is 7. The van der Waals surface area contributed by atoms with Crippen LogP contribution >= 0.6 is 22.9 Å². The quantitative estimate of drug-likeness (QED) is 0.546. The molecular formula is C19H23ClN4O4S2. The molecule has 0 saturated carbocycles. The number of halogens is 1. The lowest BCUT2D eigenvalue weighted by molar-refractivity contribution is 0.0258. The van der Waals surface area contributed by atoms with Crippen LogP contribution in [0, 0.1) is 11.8 Å². The summed E-state index contributed by atoms with van der Waals surface area (Å²) in [6.45, 7) is 7.09. The zero-order chi connectivity index (χ0) is 22.1. The average molecular weight is 471 g/mol. The third-order valence-electron chi connectivity index (χ3n) is 4.29. The first-order valence-electron chi connectivity index (χ1n) is 9.38. The molecule has 2 aromatic rings. The summed E-state index contributed by atoms with van der Waals surface area (Å²) in [7, 11) is -3.40. The topological polar surface area (TPSA) is 101 Å². The molecule has 162 valence electrons. The van der Waals surface area contributed by atoms with Gasteiger partial charge in [0.15, 0.2) is 0 Å². The smallest absolute Gasteiger partial charge is 0.411 e. The van der Waals surface area contributed by atoms with Crippen LogP contribution in [-0.2, 0) is 14.8 Å². The lowest BCUT2D eigenvalue weighted by Gasteiger charge is -2.26. The van der Waals surface area contributed by atoms with Gasteiger partial charge in [-0.15, -0.1) is 11.3 Å². The molecule has 3 rings (SSSR count). The number of carbonyl (C=O) groups excluding carboxylic acids is 1. The van der Waals surface area contributed by atoms with Gasteiger partial charge >= 0.3 is 6.09 Å². The van der Waals surface area contributed by atoms with Crippen molar-refractivity contribution in [2.45, 2.75) is 51.8 Å². The fourth-order valence-corrected chi connectivity index (χ4v) is 4.91. The number of amides is 1. The van der Waals surface area contributed by atoms with E-state index in [0.717, 1.165) is 9.58 Å². The molecule has 30 heavy (non-hydrogen) atoms. The number of fused-ring (bicyclic) bond motifs is 1. The molecule has 1 amide bonds. The molecule has 1 aliphatic rings. The van der Waals surface area contributed by atoms with Gasteiger partial charge in [0, 0.05) is 12.6 Å². The van der Waals surface area contributed by atoms with Crippen molar-refractivity contribution in [1.29, 1.82) is 0 Å². The van der Waals surface area contributed by atoms with E-state index in [1.54, 1.807) is 27.7 Å². The van der Waals surface area contributed by atoms with Crippen molar-refractivity contribution in [2.75, 3.05) is 12.3 Å². The van der Waals surface area contributed by atoms with E-state index in [9.17, 15) is 13.2 Å². The predicted molar refractivity (Wildman–Crippen MR) is 117 cm³/mol. The van der Waals surface area contributed by atoms with Crippen molar-refractivity contribution in [1.82, 2.24) is 19.6 Å². The van der Waals surface area contributed by atoms with Gasteiger partial charge in [0.25, 0.3) is 0 Å². The second-order valence-corrected chi connectivity index (χ2v) is 11.3. The third-order valence-corrected chi connectivity index (χ3v) is 7.18. The zero-order valence-corrected chi connectivity index (χ0v) is 19.5. The van der Waals surface area contributed by atoms with Crippen molar-refractivity contribution in [3.05, 3.63) is 22.4 Å². The van der Waals surface area contributed by atoms with Crippen LogP contribution in [0.25, 0.3) is 10.2 Å². The molecule has 1 aliphatic heterocycles. The minimum absolute atomic E-state index is 0.0319. The van der Waals surface area contributed by atoms with Crippen LogP contribution in [0.15, 0.2) is 12.4 Å². The first-order valence-corrected chi connectivity index (χ1v) is 12.2. The molecule has 0 unspecified atom stereocenters. The molecule has 0 spiro atoms. The number of sulfonamides is 1. The Kier molecular flexibility index (Phi) is 6.57. The maximum Gasteiger partial charge on any atom is 0.411 e. The minimum Gasteiger partial charge on any atom is -0.444 e. The molecule has 0 radical (unpaired) electrons. The van der Waals surface area contributed by atoms with Gasteiger partial charge in [0.1, 0.15) is 17.1 Å². The van der Waals surface area contributed by atoms with Gasteiger partial charge in [-0.05, 0) is 40.2 Å². The number of likely N-dealkylation sites (tertiary alicyclic amines) is 1. The predicted octanol–water partition coefficient (Wildman–Crippen LogP) is 3.01. The number of ether oxygens (including phenoxy) is 1. The summed E-state index contributed by atoms with van der Waals surface area (Å²) in [6.07, 6.45) is 1.24. The number of aromatic nitrogens is 2. The molecule has 1 saturated heterocycles. The first kappa shape index (κ1) is 22.7. The highest BCUT2D eigenvalue weighted by atomic mass is 35.5. The zero-order valence-electron chi connectivity index (χ0n) is 17.1. The number of nitrogens with one attached hydrogen (secondary N) is 1. The molecule has 0 aliphatic carbocycles. The lowest BCUT2D eigenvalue weighted by Crippen LogP contribution is -2.42. The molecule has 3 heterocycles. The molecular weight excluding hydrogens is 448 g/mol. The van der Waals surface area contributed by atoms with Crippen molar-refractivity contribution < 1.29 is 17.9 Å². The number of rotatable bonds is 3. The van der Waals surface area contributed by atoms with E-state index < -0.39 is 33.8 Å². The Balaban J connectivity index is 1.85. The molecule has 1 N–H and O–H groups in total. The highest BCUT2D eigenvalue weighted by molar-refractivity contribution is 7.89. The van der Waals surface area contributed by atoms with Crippen molar-refractivity contribution in [3.63, 3.8) is 0 Å². The molecule has 8 nitrogen and oxygen atoms in total. The molecule has 11 heteroatoms. The minimum atomic E-state index is -3.40. The number of hydrogen-bond donors (Lipinski definition) is 1. The van der Waals surface area contributed by atoms with Gasteiger partial charge < -0.3 is 4.74 Å². The maximum absolute atomic E-state index is 12.7. The summed E-state index contributed by atoms with van der Waals surface area (Å²) >= 11 is 7.46. The highest BCUT2D eigenvalue weighted by Gasteiger charge is 2.38. The molecule has 0 bridgehead atoms. The summed E-state index contributed by atoms with van der Waals surface area (Å²) < 4.78 is 32.8. The van der Waals surface area contributed by atoms with Crippen LogP contribution in [0.3, 0.4) is 0 Å². The Labute approximate surface area is 185 Å². The van der Waals surface area contributed by atoms with E-state index in [-0.39, 0.29) is 12.3 Å². The highest BCUT2D eigenvalue weighted by Crippen LogP contribution is 2.28. The number of thiophene rings is 1. The molecule has 0 aromatic carbocycles. The van der Waals surface area contributed by atoms with Gasteiger partial charge in [-0.1, -0.05) is 23.4 Å². The van der Waals surface area contributed by atoms with E-state index in [1.165, 1.54) is 22.6 Å². The van der Waals surface area contributed by atoms with Crippen molar-refractivity contribution >= 4 is 49.3 Å². The van der Waals surface area contributed by atoms with Crippen molar-refractivity contribution in [3.8, 4) is 11.8 Å². The van der Waals surface area contributed by atoms with E-state index in [2.05, 4.69) is 26.5 Å². The lowest BCUT2D eigenvalue weighted by atomic mass is 10.2. The van der Waals surface area contributed by atoms with E-state index >= 15 is 0 Å². The van der Waals surface area contributed by atoms with E-state index in [1.807, 2.05) is 6.07 Å². The van der Waals surface area contributed by atoms with Crippen LogP contribution in [-0.4, -0.2) is 59.4 Å². The Morgan fingerprint density at radius 2 is 2.17 bits per heavy atom. The average Bonchev–Trinajstić information content (AvgIpc) is 3.22. The van der Waals surface area contributed by atoms with E-state index in [4.69, 9.17) is 16.3 Å². The van der Waals surface area contributed by atoms with Gasteiger partial charge in [0.05, 0.1) is 26.9 Å². The monoisotopic (exact) mass is 470 g/mol. The van der Waals surface area contributed by atoms with Gasteiger partial charge in [-0.25, -0.2) is 27.9 Å². The summed E-state index contributed by atoms with van der Waals surface area (Å²) in [4.78, 5) is 23.0. The fraction of sp³-hybridized carbons (Fsp3) is 0.526. The Morgan fingerprint density at radius 1 is 1.43 bits per heavy atom. The molecule has 2 aromatic heterocycles. The van der Waals surface area contributed by atoms with Crippen LogP contribution in [0.5, 0.6) is 0 Å². The summed E-state index contributed by atoms with van der Waals surface area (Å²) in [5, 5.41) is 0.364. The molecule has 2 atom stereocenters. The molecule has 1 fully saturated rings. The fourth-order valence-electron chi connectivity index (χ4n) is 2.96. The first-order chi connectivity index (χ1) is 14.0. The van der Waals surface area contributed by atoms with Gasteiger partial charge in [0.2, 0.25) is 10.0 Å². The SMILES string of the molecule is CCS(=O)(=O)N[C@@H]1C[C@@H](C#Cc2cc3ncnc(Cl)c3s2)N(C(=O)OC(C)(C)C)C1. The summed E-state index contributed by atoms with van der Waals surface area (Å²) in [6, 6.07) is 0.894. The van der Waals surface area contributed by atoms with Gasteiger partial charge in [-0.3, -0.25) is 4.90 Å². The number of nitrogens with zero attached hydrogens (tertiary/aromatic N) is 3. The summed E-state index contributed by atoms with van der Waals surface area (Å²) in [5.41, 5.74) is 0.0325.